The maximum Gasteiger partial charge on any atom is 0.189 e. The van der Waals surface area contributed by atoms with Crippen molar-refractivity contribution in [3.05, 3.63) is 119 Å². The number of hydrogen-bond acceptors (Lipinski definition) is 7. The Morgan fingerprint density at radius 2 is 1.61 bits per heavy atom. The molecule has 3 atom stereocenters. The van der Waals surface area contributed by atoms with Crippen LogP contribution in [0.4, 0.5) is 0 Å². The van der Waals surface area contributed by atoms with Gasteiger partial charge in [0.1, 0.15) is 29.3 Å². The van der Waals surface area contributed by atoms with Crippen LogP contribution in [0.1, 0.15) is 56.3 Å². The highest BCUT2D eigenvalue weighted by Crippen LogP contribution is 2.58. The first kappa shape index (κ1) is 26.8. The van der Waals surface area contributed by atoms with Gasteiger partial charge in [-0.05, 0) is 60.0 Å². The molecule has 0 N–H and O–H groups in total. The Morgan fingerprint density at radius 3 is 2.50 bits per heavy atom. The van der Waals surface area contributed by atoms with Gasteiger partial charge in [0, 0.05) is 24.6 Å². The second-order valence-electron chi connectivity index (χ2n) is 12.0. The topological polar surface area (TPSA) is 86.5 Å². The van der Waals surface area contributed by atoms with Crippen LogP contribution in [0.15, 0.2) is 91.1 Å². The minimum Gasteiger partial charge on any atom is -0.493 e. The number of ketones is 2. The summed E-state index contributed by atoms with van der Waals surface area (Å²) in [5.41, 5.74) is 2.44. The fourth-order valence-electron chi connectivity index (χ4n) is 7.69. The van der Waals surface area contributed by atoms with E-state index in [1.54, 1.807) is 6.07 Å². The number of rotatable bonds is 0. The maximum atomic E-state index is 15.2. The third-order valence-electron chi connectivity index (χ3n) is 9.59. The van der Waals surface area contributed by atoms with Crippen molar-refractivity contribution in [3.63, 3.8) is 0 Å². The quantitative estimate of drug-likeness (QED) is 0.227. The molecule has 1 aromatic heterocycles. The normalized spacial score (nSPS) is 23.5. The van der Waals surface area contributed by atoms with Crippen LogP contribution in [0, 0.1) is 5.92 Å². The first-order valence-electron chi connectivity index (χ1n) is 15.2. The van der Waals surface area contributed by atoms with Crippen molar-refractivity contribution in [3.8, 4) is 11.5 Å². The van der Waals surface area contributed by atoms with E-state index in [-0.39, 0.29) is 24.1 Å². The Hall–Kier alpha value is -4.82. The van der Waals surface area contributed by atoms with E-state index in [4.69, 9.17) is 9.47 Å². The fraction of sp³-hybridized carbons (Fsp3) is 0.278. The zero-order valence-corrected chi connectivity index (χ0v) is 24.5. The van der Waals surface area contributed by atoms with E-state index in [2.05, 4.69) is 15.2 Å². The molecule has 2 bridgehead atoms. The van der Waals surface area contributed by atoms with E-state index in [0.717, 1.165) is 47.0 Å². The molecule has 0 radical (unpaired) electrons. The number of likely N-dealkylation sites (tertiary alicyclic amines) is 1. The molecule has 2 aliphatic heterocycles. The maximum absolute atomic E-state index is 15.2. The highest BCUT2D eigenvalue weighted by Gasteiger charge is 2.64. The monoisotopic (exact) mass is 584 g/mol. The molecule has 0 unspecified atom stereocenters. The standard InChI is InChI=1S/C36H32N4O4/c1-39-21-28-25-12-2-4-16-30(25)43-19-7-6-18-40-20-24(37-38-40)22-44-31-17-5-3-13-26(31)34(41)33(28)36(39)29-15-9-11-23-10-8-14-27(32(23)29)35(36)42/h2-5,8-17,20,28,33H,6-7,18-19,21-22H2,1H3/t28-,33+,36-/m1/s1. The molecule has 5 aromatic rings. The van der Waals surface area contributed by atoms with Crippen molar-refractivity contribution in [2.45, 2.75) is 37.5 Å². The summed E-state index contributed by atoms with van der Waals surface area (Å²) in [7, 11) is 1.98. The largest absolute Gasteiger partial charge is 0.493 e. The van der Waals surface area contributed by atoms with Crippen molar-refractivity contribution in [2.75, 3.05) is 20.2 Å². The van der Waals surface area contributed by atoms with Gasteiger partial charge in [0.2, 0.25) is 0 Å². The molecule has 1 aliphatic carbocycles. The van der Waals surface area contributed by atoms with E-state index in [1.807, 2.05) is 96.8 Å². The summed E-state index contributed by atoms with van der Waals surface area (Å²) in [6, 6.07) is 27.2. The number of para-hydroxylation sites is 2. The number of hydrogen-bond donors (Lipinski definition) is 0. The highest BCUT2D eigenvalue weighted by molar-refractivity contribution is 6.22. The van der Waals surface area contributed by atoms with Gasteiger partial charge in [-0.2, -0.15) is 0 Å². The molecule has 1 saturated heterocycles. The van der Waals surface area contributed by atoms with Gasteiger partial charge in [-0.15, -0.1) is 5.10 Å². The lowest BCUT2D eigenvalue weighted by atomic mass is 9.69. The van der Waals surface area contributed by atoms with Gasteiger partial charge in [0.05, 0.1) is 24.3 Å². The molecule has 44 heavy (non-hydrogen) atoms. The van der Waals surface area contributed by atoms with Crippen molar-refractivity contribution in [1.82, 2.24) is 19.9 Å². The van der Waals surface area contributed by atoms with Crippen LogP contribution in [-0.4, -0.2) is 51.7 Å². The van der Waals surface area contributed by atoms with Gasteiger partial charge in [0.25, 0.3) is 0 Å². The number of Topliss-reactive ketones (excluding diaryl/α,β-unsaturated/α-hetero) is 2. The van der Waals surface area contributed by atoms with Gasteiger partial charge in [-0.3, -0.25) is 19.2 Å². The lowest BCUT2D eigenvalue weighted by Crippen LogP contribution is -2.50. The van der Waals surface area contributed by atoms with Crippen LogP contribution in [0.3, 0.4) is 0 Å². The van der Waals surface area contributed by atoms with E-state index in [0.29, 0.717) is 35.7 Å². The van der Waals surface area contributed by atoms with Crippen LogP contribution in [0.25, 0.3) is 10.8 Å². The first-order chi connectivity index (χ1) is 21.6. The second kappa shape index (κ2) is 10.4. The number of carbonyl (C=O) groups is 2. The minimum absolute atomic E-state index is 0.0352. The van der Waals surface area contributed by atoms with E-state index >= 15 is 4.79 Å². The summed E-state index contributed by atoms with van der Waals surface area (Å²) >= 11 is 0. The summed E-state index contributed by atoms with van der Waals surface area (Å²) in [6.45, 7) is 1.94. The van der Waals surface area contributed by atoms with Crippen LogP contribution >= 0.6 is 0 Å². The summed E-state index contributed by atoms with van der Waals surface area (Å²) in [5, 5.41) is 10.5. The predicted molar refractivity (Wildman–Crippen MR) is 165 cm³/mol. The van der Waals surface area contributed by atoms with Crippen LogP contribution in [0.2, 0.25) is 0 Å². The number of ether oxygens (including phenoxy) is 2. The van der Waals surface area contributed by atoms with Gasteiger partial charge in [-0.1, -0.05) is 71.9 Å². The molecule has 1 fully saturated rings. The molecular weight excluding hydrogens is 552 g/mol. The Labute approximate surface area is 255 Å². The molecule has 0 saturated carbocycles. The highest BCUT2D eigenvalue weighted by atomic mass is 16.5. The van der Waals surface area contributed by atoms with Gasteiger partial charge >= 0.3 is 0 Å². The molecule has 8 rings (SSSR count). The van der Waals surface area contributed by atoms with Gasteiger partial charge in [-0.25, -0.2) is 0 Å². The Bertz CT molecular complexity index is 1930. The smallest absolute Gasteiger partial charge is 0.189 e. The van der Waals surface area contributed by atoms with Gasteiger partial charge < -0.3 is 9.47 Å². The lowest BCUT2D eigenvalue weighted by Gasteiger charge is -2.37. The van der Waals surface area contributed by atoms with Crippen molar-refractivity contribution >= 4 is 22.3 Å². The fourth-order valence-corrected chi connectivity index (χ4v) is 7.69. The molecule has 3 heterocycles. The Morgan fingerprint density at radius 1 is 0.841 bits per heavy atom. The van der Waals surface area contributed by atoms with Gasteiger partial charge in [0.15, 0.2) is 11.6 Å². The number of likely N-dealkylation sites (N-methyl/N-ethyl adjacent to an activating group) is 1. The van der Waals surface area contributed by atoms with Crippen LogP contribution in [-0.2, 0) is 18.7 Å². The summed E-state index contributed by atoms with van der Waals surface area (Å²) in [6.07, 6.45) is 3.59. The molecule has 3 aliphatic rings. The molecule has 8 heteroatoms. The molecule has 8 nitrogen and oxygen atoms in total. The average Bonchev–Trinajstić information content (AvgIpc) is 3.71. The summed E-state index contributed by atoms with van der Waals surface area (Å²) in [4.78, 5) is 32.1. The average molecular weight is 585 g/mol. The number of fused-ring (bicyclic) bond motifs is 8. The predicted octanol–water partition coefficient (Wildman–Crippen LogP) is 5.80. The lowest BCUT2D eigenvalue weighted by molar-refractivity contribution is 0.0571. The Kier molecular flexibility index (Phi) is 6.34. The van der Waals surface area contributed by atoms with Crippen LogP contribution in [0.5, 0.6) is 11.5 Å². The molecular formula is C36H32N4O4. The van der Waals surface area contributed by atoms with Crippen LogP contribution < -0.4 is 9.47 Å². The second-order valence-corrected chi connectivity index (χ2v) is 12.0. The van der Waals surface area contributed by atoms with Crippen molar-refractivity contribution in [2.24, 2.45) is 5.92 Å². The molecule has 220 valence electrons. The van der Waals surface area contributed by atoms with E-state index < -0.39 is 11.5 Å². The third kappa shape index (κ3) is 3.94. The zero-order valence-electron chi connectivity index (χ0n) is 24.5. The Balaban J connectivity index is 1.34. The molecule has 1 spiro atoms. The zero-order chi connectivity index (χ0) is 29.8. The summed E-state index contributed by atoms with van der Waals surface area (Å²) < 4.78 is 14.5. The van der Waals surface area contributed by atoms with E-state index in [9.17, 15) is 4.79 Å². The first-order valence-corrected chi connectivity index (χ1v) is 15.2. The van der Waals surface area contributed by atoms with E-state index in [1.165, 1.54) is 0 Å². The number of aryl methyl sites for hydroxylation is 1. The van der Waals surface area contributed by atoms with Crippen molar-refractivity contribution in [1.29, 1.82) is 0 Å². The SMILES string of the molecule is CN1C[C@@H]2c3ccccc3OCCCCn3cc(nn3)COc3ccccc3C(=O)[C@H]2[C@]12C(=O)c1cccc3cccc2c13. The minimum atomic E-state index is -1.18. The number of carbonyl (C=O) groups excluding carboxylic acids is 2. The number of benzene rings is 4. The number of aromatic nitrogens is 3. The third-order valence-corrected chi connectivity index (χ3v) is 9.59. The number of nitrogens with zero attached hydrogens (tertiary/aromatic N) is 4. The van der Waals surface area contributed by atoms with Crippen molar-refractivity contribution < 1.29 is 19.1 Å². The molecule has 0 amide bonds. The summed E-state index contributed by atoms with van der Waals surface area (Å²) in [5.74, 6) is 0.0100. The molecule has 4 aromatic carbocycles.